The minimum absolute atomic E-state index is 0.0620. The molecule has 2 aliphatic rings. The van der Waals surface area contributed by atoms with Crippen LogP contribution < -0.4 is 10.2 Å². The van der Waals surface area contributed by atoms with Crippen LogP contribution in [-0.4, -0.2) is 67.6 Å². The summed E-state index contributed by atoms with van der Waals surface area (Å²) in [5, 5.41) is 3.07. The average Bonchev–Trinajstić information content (AvgIpc) is 2.66. The number of sulfonamides is 1. The van der Waals surface area contributed by atoms with E-state index in [-0.39, 0.29) is 11.8 Å². The van der Waals surface area contributed by atoms with Crippen molar-refractivity contribution in [2.75, 3.05) is 43.9 Å². The normalized spacial score (nSPS) is 20.9. The molecule has 0 aromatic carbocycles. The molecule has 0 aliphatic carbocycles. The van der Waals surface area contributed by atoms with Gasteiger partial charge in [-0.05, 0) is 37.7 Å². The Hall–Kier alpha value is -1.74. The van der Waals surface area contributed by atoms with Gasteiger partial charge in [0.25, 0.3) is 0 Å². The maximum atomic E-state index is 12.4. The zero-order valence-electron chi connectivity index (χ0n) is 15.2. The Kier molecular flexibility index (Phi) is 6.08. The number of amides is 1. The number of carbonyl (C=O) groups is 1. The van der Waals surface area contributed by atoms with Crippen LogP contribution in [0, 0.1) is 11.8 Å². The molecule has 0 saturated carbocycles. The van der Waals surface area contributed by atoms with Gasteiger partial charge in [-0.3, -0.25) is 4.79 Å². The molecule has 26 heavy (non-hydrogen) atoms. The maximum absolute atomic E-state index is 12.4. The molecule has 0 spiro atoms. The number of anilines is 1. The first-order chi connectivity index (χ1) is 12.4. The zero-order valence-corrected chi connectivity index (χ0v) is 16.0. The molecular formula is C17H27N5O3S. The lowest BCUT2D eigenvalue weighted by molar-refractivity contribution is -0.126. The number of rotatable bonds is 5. The van der Waals surface area contributed by atoms with Crippen molar-refractivity contribution in [1.29, 1.82) is 0 Å². The second-order valence-electron chi connectivity index (χ2n) is 7.16. The Bertz CT molecular complexity index is 696. The van der Waals surface area contributed by atoms with Gasteiger partial charge < -0.3 is 10.2 Å². The summed E-state index contributed by atoms with van der Waals surface area (Å²) in [5.74, 6) is 1.22. The molecule has 0 unspecified atom stereocenters. The molecule has 8 nitrogen and oxygen atoms in total. The predicted octanol–water partition coefficient (Wildman–Crippen LogP) is 0.481. The highest BCUT2D eigenvalue weighted by molar-refractivity contribution is 7.88. The molecular weight excluding hydrogens is 354 g/mol. The first-order valence-corrected chi connectivity index (χ1v) is 11.0. The van der Waals surface area contributed by atoms with E-state index in [0.717, 1.165) is 31.9 Å². The van der Waals surface area contributed by atoms with Crippen LogP contribution >= 0.6 is 0 Å². The van der Waals surface area contributed by atoms with Gasteiger partial charge in [0.05, 0.1) is 6.26 Å². The number of aromatic nitrogens is 2. The molecule has 144 valence electrons. The third kappa shape index (κ3) is 4.91. The van der Waals surface area contributed by atoms with Crippen molar-refractivity contribution < 1.29 is 13.2 Å². The van der Waals surface area contributed by atoms with Crippen LogP contribution in [0.5, 0.6) is 0 Å². The molecule has 1 aromatic heterocycles. The number of piperidine rings is 2. The van der Waals surface area contributed by atoms with Crippen molar-refractivity contribution in [1.82, 2.24) is 19.6 Å². The van der Waals surface area contributed by atoms with Crippen LogP contribution in [0.1, 0.15) is 25.7 Å². The lowest BCUT2D eigenvalue weighted by Gasteiger charge is -2.33. The van der Waals surface area contributed by atoms with E-state index in [4.69, 9.17) is 0 Å². The molecule has 1 amide bonds. The standard InChI is InChI=1S/C17H27N5O3S/c1-26(24,25)22-11-5-15(6-12-22)16(23)20-13-14-3-9-21(10-4-14)17-18-7-2-8-19-17/h2,7-8,14-15H,3-6,9-13H2,1H3,(H,20,23). The quantitative estimate of drug-likeness (QED) is 0.797. The summed E-state index contributed by atoms with van der Waals surface area (Å²) in [6.45, 7) is 3.36. The predicted molar refractivity (Wildman–Crippen MR) is 99.1 cm³/mol. The highest BCUT2D eigenvalue weighted by atomic mass is 32.2. The molecule has 9 heteroatoms. The van der Waals surface area contributed by atoms with E-state index in [1.54, 1.807) is 12.4 Å². The summed E-state index contributed by atoms with van der Waals surface area (Å²) in [6, 6.07) is 1.81. The molecule has 0 bridgehead atoms. The van der Waals surface area contributed by atoms with Crippen molar-refractivity contribution in [3.8, 4) is 0 Å². The van der Waals surface area contributed by atoms with Crippen molar-refractivity contribution >= 4 is 21.9 Å². The highest BCUT2D eigenvalue weighted by Crippen LogP contribution is 2.21. The third-order valence-electron chi connectivity index (χ3n) is 5.31. The van der Waals surface area contributed by atoms with Crippen LogP contribution in [0.2, 0.25) is 0 Å². The first-order valence-electron chi connectivity index (χ1n) is 9.18. The van der Waals surface area contributed by atoms with Crippen LogP contribution in [0.4, 0.5) is 5.95 Å². The zero-order chi connectivity index (χ0) is 18.6. The van der Waals surface area contributed by atoms with Crippen LogP contribution in [0.15, 0.2) is 18.5 Å². The van der Waals surface area contributed by atoms with Gasteiger partial charge in [-0.2, -0.15) is 0 Å². The fraction of sp³-hybridized carbons (Fsp3) is 0.706. The van der Waals surface area contributed by atoms with E-state index in [0.29, 0.717) is 38.4 Å². The average molecular weight is 382 g/mol. The van der Waals surface area contributed by atoms with Crippen molar-refractivity contribution in [2.24, 2.45) is 11.8 Å². The maximum Gasteiger partial charge on any atom is 0.225 e. The largest absolute Gasteiger partial charge is 0.356 e. The summed E-state index contributed by atoms with van der Waals surface area (Å²) in [7, 11) is -3.15. The van der Waals surface area contributed by atoms with Crippen molar-refractivity contribution in [3.63, 3.8) is 0 Å². The molecule has 2 aliphatic heterocycles. The lowest BCUT2D eigenvalue weighted by atomic mass is 9.94. The van der Waals surface area contributed by atoms with Gasteiger partial charge in [-0.1, -0.05) is 0 Å². The Morgan fingerprint density at radius 3 is 2.31 bits per heavy atom. The summed E-state index contributed by atoms with van der Waals surface area (Å²) >= 11 is 0. The highest BCUT2D eigenvalue weighted by Gasteiger charge is 2.29. The number of carbonyl (C=O) groups excluding carboxylic acids is 1. The number of nitrogens with one attached hydrogen (secondary N) is 1. The van der Waals surface area contributed by atoms with Gasteiger partial charge in [-0.15, -0.1) is 0 Å². The van der Waals surface area contributed by atoms with Gasteiger partial charge >= 0.3 is 0 Å². The van der Waals surface area contributed by atoms with Crippen LogP contribution in [0.25, 0.3) is 0 Å². The second kappa shape index (κ2) is 8.30. The fourth-order valence-corrected chi connectivity index (χ4v) is 4.50. The summed E-state index contributed by atoms with van der Waals surface area (Å²) in [4.78, 5) is 23.1. The number of hydrogen-bond acceptors (Lipinski definition) is 6. The smallest absolute Gasteiger partial charge is 0.225 e. The van der Waals surface area contributed by atoms with Crippen LogP contribution in [0.3, 0.4) is 0 Å². The minimum Gasteiger partial charge on any atom is -0.356 e. The molecule has 3 heterocycles. The van der Waals surface area contributed by atoms with E-state index in [2.05, 4.69) is 20.2 Å². The molecule has 2 saturated heterocycles. The van der Waals surface area contributed by atoms with Crippen LogP contribution in [-0.2, 0) is 14.8 Å². The number of nitrogens with zero attached hydrogens (tertiary/aromatic N) is 4. The summed E-state index contributed by atoms with van der Waals surface area (Å²) in [5.41, 5.74) is 0. The Morgan fingerprint density at radius 2 is 1.73 bits per heavy atom. The van der Waals surface area contributed by atoms with Gasteiger partial charge in [0.2, 0.25) is 21.9 Å². The topological polar surface area (TPSA) is 95.5 Å². The van der Waals surface area contributed by atoms with Gasteiger partial charge in [-0.25, -0.2) is 22.7 Å². The molecule has 2 fully saturated rings. The fourth-order valence-electron chi connectivity index (χ4n) is 3.63. The molecule has 0 atom stereocenters. The third-order valence-corrected chi connectivity index (χ3v) is 6.61. The minimum atomic E-state index is -3.15. The van der Waals surface area contributed by atoms with Gasteiger partial charge in [0.1, 0.15) is 0 Å². The molecule has 1 aromatic rings. The summed E-state index contributed by atoms with van der Waals surface area (Å²) in [6.07, 6.45) is 7.94. The summed E-state index contributed by atoms with van der Waals surface area (Å²) < 4.78 is 24.5. The second-order valence-corrected chi connectivity index (χ2v) is 9.14. The van der Waals surface area contributed by atoms with E-state index < -0.39 is 10.0 Å². The van der Waals surface area contributed by atoms with E-state index in [1.807, 2.05) is 6.07 Å². The van der Waals surface area contributed by atoms with E-state index in [1.165, 1.54) is 10.6 Å². The van der Waals surface area contributed by atoms with Crippen molar-refractivity contribution in [3.05, 3.63) is 18.5 Å². The first kappa shape index (κ1) is 19.0. The lowest BCUT2D eigenvalue weighted by Crippen LogP contribution is -2.44. The molecule has 3 rings (SSSR count). The number of hydrogen-bond donors (Lipinski definition) is 1. The van der Waals surface area contributed by atoms with Gasteiger partial charge in [0, 0.05) is 51.0 Å². The Morgan fingerprint density at radius 1 is 1.12 bits per heavy atom. The van der Waals surface area contributed by atoms with Gasteiger partial charge in [0.15, 0.2) is 0 Å². The molecule has 0 radical (unpaired) electrons. The Labute approximate surface area is 155 Å². The SMILES string of the molecule is CS(=O)(=O)N1CCC(C(=O)NCC2CCN(c3ncccn3)CC2)CC1. The van der Waals surface area contributed by atoms with E-state index in [9.17, 15) is 13.2 Å². The van der Waals surface area contributed by atoms with Crippen molar-refractivity contribution in [2.45, 2.75) is 25.7 Å². The Balaban J connectivity index is 1.38. The monoisotopic (exact) mass is 381 g/mol. The molecule has 1 N–H and O–H groups in total. The van der Waals surface area contributed by atoms with E-state index >= 15 is 0 Å².